The third-order valence-corrected chi connectivity index (χ3v) is 3.56. The molecule has 1 N–H and O–H groups in total. The van der Waals surface area contributed by atoms with Crippen molar-refractivity contribution in [3.8, 4) is 0 Å². The zero-order valence-electron chi connectivity index (χ0n) is 9.30. The van der Waals surface area contributed by atoms with Crippen molar-refractivity contribution in [3.63, 3.8) is 0 Å². The molecule has 84 valence electrons. The van der Waals surface area contributed by atoms with Crippen LogP contribution in [0.25, 0.3) is 0 Å². The van der Waals surface area contributed by atoms with Crippen LogP contribution in [0.2, 0.25) is 0 Å². The van der Waals surface area contributed by atoms with Crippen LogP contribution in [0.1, 0.15) is 32.5 Å². The van der Waals surface area contributed by atoms with Gasteiger partial charge in [0, 0.05) is 11.7 Å². The highest BCUT2D eigenvalue weighted by atomic mass is 79.9. The third-order valence-electron chi connectivity index (χ3n) is 2.62. The second-order valence-corrected chi connectivity index (χ2v) is 4.82. The van der Waals surface area contributed by atoms with Gasteiger partial charge in [-0.25, -0.2) is 4.79 Å². The normalized spacial score (nSPS) is 13.2. The maximum atomic E-state index is 11.9. The zero-order valence-corrected chi connectivity index (χ0v) is 10.9. The number of aromatic amines is 1. The molecule has 15 heavy (non-hydrogen) atoms. The number of hydrogen-bond acceptors (Lipinski definition) is 2. The van der Waals surface area contributed by atoms with Gasteiger partial charge in [0.25, 0.3) is 5.56 Å². The molecule has 0 amide bonds. The van der Waals surface area contributed by atoms with Gasteiger partial charge < -0.3 is 4.98 Å². The van der Waals surface area contributed by atoms with Crippen LogP contribution in [-0.2, 0) is 0 Å². The van der Waals surface area contributed by atoms with Crippen molar-refractivity contribution in [1.29, 1.82) is 0 Å². The highest BCUT2D eigenvalue weighted by molar-refractivity contribution is 9.10. The van der Waals surface area contributed by atoms with Crippen molar-refractivity contribution in [1.82, 2.24) is 9.55 Å². The van der Waals surface area contributed by atoms with Crippen LogP contribution >= 0.6 is 15.9 Å². The number of H-pyrrole nitrogens is 1. The molecule has 0 saturated carbocycles. The first-order valence-electron chi connectivity index (χ1n) is 4.87. The molecule has 1 aromatic rings. The zero-order chi connectivity index (χ0) is 11.7. The number of nitrogens with one attached hydrogen (secondary N) is 1. The van der Waals surface area contributed by atoms with Crippen molar-refractivity contribution < 1.29 is 0 Å². The molecule has 1 aromatic heterocycles. The maximum Gasteiger partial charge on any atom is 0.328 e. The molecular formula is C10H15BrN2O2. The van der Waals surface area contributed by atoms with Gasteiger partial charge in [-0.2, -0.15) is 0 Å². The number of nitrogens with zero attached hydrogens (tertiary/aromatic N) is 1. The summed E-state index contributed by atoms with van der Waals surface area (Å²) in [4.78, 5) is 26.1. The summed E-state index contributed by atoms with van der Waals surface area (Å²) in [6, 6.07) is -0.113. The van der Waals surface area contributed by atoms with E-state index in [9.17, 15) is 9.59 Å². The van der Waals surface area contributed by atoms with Gasteiger partial charge in [0.1, 0.15) is 4.47 Å². The molecule has 1 rings (SSSR count). The fourth-order valence-corrected chi connectivity index (χ4v) is 1.59. The first-order valence-corrected chi connectivity index (χ1v) is 5.66. The largest absolute Gasteiger partial charge is 0.328 e. The van der Waals surface area contributed by atoms with Crippen LogP contribution < -0.4 is 11.2 Å². The quantitative estimate of drug-likeness (QED) is 0.895. The predicted molar refractivity (Wildman–Crippen MR) is 63.3 cm³/mol. The van der Waals surface area contributed by atoms with Crippen LogP contribution in [0.3, 0.4) is 0 Å². The average Bonchev–Trinajstić information content (AvgIpc) is 2.14. The van der Waals surface area contributed by atoms with Crippen LogP contribution in [0.5, 0.6) is 0 Å². The maximum absolute atomic E-state index is 11.9. The molecule has 0 spiro atoms. The molecule has 5 heteroatoms. The molecule has 0 saturated heterocycles. The number of aryl methyl sites for hydroxylation is 1. The van der Waals surface area contributed by atoms with Gasteiger partial charge in [0.15, 0.2) is 0 Å². The molecule has 4 nitrogen and oxygen atoms in total. The number of halogens is 1. The second kappa shape index (κ2) is 4.35. The van der Waals surface area contributed by atoms with Crippen molar-refractivity contribution in [2.24, 2.45) is 5.92 Å². The van der Waals surface area contributed by atoms with E-state index >= 15 is 0 Å². The lowest BCUT2D eigenvalue weighted by molar-refractivity contribution is 0.382. The summed E-state index contributed by atoms with van der Waals surface area (Å²) < 4.78 is 1.68. The monoisotopic (exact) mass is 274 g/mol. The van der Waals surface area contributed by atoms with Crippen molar-refractivity contribution >= 4 is 15.9 Å². The van der Waals surface area contributed by atoms with Gasteiger partial charge in [0.2, 0.25) is 0 Å². The fourth-order valence-electron chi connectivity index (χ4n) is 1.30. The number of aromatic nitrogens is 2. The summed E-state index contributed by atoms with van der Waals surface area (Å²) in [6.45, 7) is 7.51. The molecule has 0 radical (unpaired) electrons. The standard InChI is InChI=1S/C10H15BrN2O2/c1-5(2)7(4)13-9(14)8(11)6(3)12-10(13)15/h5,7H,1-4H3,(H,12,15). The number of hydrogen-bond donors (Lipinski definition) is 1. The van der Waals surface area contributed by atoms with Crippen molar-refractivity contribution in [2.75, 3.05) is 0 Å². The van der Waals surface area contributed by atoms with Crippen molar-refractivity contribution in [2.45, 2.75) is 33.7 Å². The van der Waals surface area contributed by atoms with E-state index in [0.29, 0.717) is 10.2 Å². The van der Waals surface area contributed by atoms with Gasteiger partial charge >= 0.3 is 5.69 Å². The molecule has 0 bridgehead atoms. The Morgan fingerprint density at radius 3 is 2.27 bits per heavy atom. The van der Waals surface area contributed by atoms with E-state index in [-0.39, 0.29) is 23.2 Å². The first kappa shape index (κ1) is 12.2. The molecule has 1 unspecified atom stereocenters. The average molecular weight is 275 g/mol. The van der Waals surface area contributed by atoms with E-state index in [1.807, 2.05) is 20.8 Å². The minimum absolute atomic E-state index is 0.113. The molecule has 0 aromatic carbocycles. The summed E-state index contributed by atoms with van der Waals surface area (Å²) in [7, 11) is 0. The molecule has 1 heterocycles. The molecule has 0 aliphatic rings. The molecular weight excluding hydrogens is 260 g/mol. The number of rotatable bonds is 2. The summed E-state index contributed by atoms with van der Waals surface area (Å²) in [5.74, 6) is 0.235. The Morgan fingerprint density at radius 1 is 1.27 bits per heavy atom. The Labute approximate surface area is 96.5 Å². The lowest BCUT2D eigenvalue weighted by Crippen LogP contribution is -2.39. The summed E-state index contributed by atoms with van der Waals surface area (Å²) in [6.07, 6.45) is 0. The molecule has 1 atom stereocenters. The summed E-state index contributed by atoms with van der Waals surface area (Å²) in [5, 5.41) is 0. The SMILES string of the molecule is Cc1[nH]c(=O)n(C(C)C(C)C)c(=O)c1Br. The molecule has 0 fully saturated rings. The first-order chi connectivity index (χ1) is 6.86. The second-order valence-electron chi connectivity index (χ2n) is 4.03. The Hall–Kier alpha value is -0.840. The molecule has 0 aliphatic heterocycles. The van der Waals surface area contributed by atoms with E-state index < -0.39 is 0 Å². The minimum Gasteiger partial charge on any atom is -0.310 e. The summed E-state index contributed by atoms with van der Waals surface area (Å²) >= 11 is 3.18. The lowest BCUT2D eigenvalue weighted by Gasteiger charge is -2.18. The van der Waals surface area contributed by atoms with Crippen LogP contribution in [0.4, 0.5) is 0 Å². The minimum atomic E-state index is -0.345. The van der Waals surface area contributed by atoms with Gasteiger partial charge in [-0.1, -0.05) is 13.8 Å². The smallest absolute Gasteiger partial charge is 0.310 e. The van der Waals surface area contributed by atoms with Crippen LogP contribution in [0.15, 0.2) is 14.1 Å². The summed E-state index contributed by atoms with van der Waals surface area (Å²) in [5.41, 5.74) is -0.0449. The Balaban J connectivity index is 3.50. The topological polar surface area (TPSA) is 54.9 Å². The lowest BCUT2D eigenvalue weighted by atomic mass is 10.1. The Kier molecular flexibility index (Phi) is 3.54. The van der Waals surface area contributed by atoms with Crippen molar-refractivity contribution in [3.05, 3.63) is 31.0 Å². The van der Waals surface area contributed by atoms with E-state index in [0.717, 1.165) is 0 Å². The predicted octanol–water partition coefficient (Wildman–Crippen LogP) is 1.82. The van der Waals surface area contributed by atoms with Crippen LogP contribution in [0, 0.1) is 12.8 Å². The fraction of sp³-hybridized carbons (Fsp3) is 0.600. The van der Waals surface area contributed by atoms with E-state index in [2.05, 4.69) is 20.9 Å². The van der Waals surface area contributed by atoms with Gasteiger partial charge in [-0.15, -0.1) is 0 Å². The highest BCUT2D eigenvalue weighted by Crippen LogP contribution is 2.14. The van der Waals surface area contributed by atoms with Crippen LogP contribution in [-0.4, -0.2) is 9.55 Å². The van der Waals surface area contributed by atoms with E-state index in [1.165, 1.54) is 4.57 Å². The van der Waals surface area contributed by atoms with Gasteiger partial charge in [-0.3, -0.25) is 9.36 Å². The Bertz CT molecular complexity index is 473. The van der Waals surface area contributed by atoms with E-state index in [4.69, 9.17) is 0 Å². The third kappa shape index (κ3) is 2.22. The van der Waals surface area contributed by atoms with E-state index in [1.54, 1.807) is 6.92 Å². The molecule has 0 aliphatic carbocycles. The van der Waals surface area contributed by atoms with Gasteiger partial charge in [-0.05, 0) is 35.7 Å². The Morgan fingerprint density at radius 2 is 1.80 bits per heavy atom. The van der Waals surface area contributed by atoms with Gasteiger partial charge in [0.05, 0.1) is 0 Å². The highest BCUT2D eigenvalue weighted by Gasteiger charge is 2.16.